The van der Waals surface area contributed by atoms with Gasteiger partial charge in [-0.1, -0.05) is 26.8 Å². The lowest BCUT2D eigenvalue weighted by Crippen LogP contribution is -2.42. The summed E-state index contributed by atoms with van der Waals surface area (Å²) in [6.45, 7) is 6.73. The number of aliphatic carboxylic acids is 1. The number of carboxylic acids is 1. The van der Waals surface area contributed by atoms with Crippen LogP contribution in [0.1, 0.15) is 33.1 Å². The summed E-state index contributed by atoms with van der Waals surface area (Å²) < 4.78 is 4.92. The van der Waals surface area contributed by atoms with Crippen LogP contribution in [0, 0.1) is 0 Å². The summed E-state index contributed by atoms with van der Waals surface area (Å²) in [5, 5.41) is 26.4. The molecule has 0 fully saturated rings. The van der Waals surface area contributed by atoms with Crippen LogP contribution in [0.5, 0.6) is 0 Å². The fourth-order valence-corrected chi connectivity index (χ4v) is 1.21. The van der Waals surface area contributed by atoms with E-state index >= 15 is 0 Å². The molecule has 1 unspecified atom stereocenters. The van der Waals surface area contributed by atoms with E-state index in [9.17, 15) is 15.0 Å². The predicted octanol–water partition coefficient (Wildman–Crippen LogP) is 1.15. The van der Waals surface area contributed by atoms with E-state index in [1.165, 1.54) is 7.11 Å². The molecule has 0 aromatic rings. The van der Waals surface area contributed by atoms with Crippen molar-refractivity contribution >= 4 is 5.97 Å². The molecule has 0 aliphatic carbocycles. The third kappa shape index (κ3) is 8.40. The van der Waals surface area contributed by atoms with Gasteiger partial charge in [-0.15, -0.1) is 0 Å². The largest absolute Gasteiger partial charge is 0.478 e. The summed E-state index contributed by atoms with van der Waals surface area (Å²) in [5.74, 6) is -2.64. The van der Waals surface area contributed by atoms with Crippen LogP contribution in [-0.4, -0.2) is 40.3 Å². The van der Waals surface area contributed by atoms with Crippen molar-refractivity contribution in [3.8, 4) is 0 Å². The van der Waals surface area contributed by atoms with Crippen LogP contribution in [0.4, 0.5) is 0 Å². The van der Waals surface area contributed by atoms with E-state index in [-0.39, 0.29) is 0 Å². The molecule has 0 aliphatic rings. The second-order valence-electron chi connectivity index (χ2n) is 3.30. The third-order valence-electron chi connectivity index (χ3n) is 1.96. The summed E-state index contributed by atoms with van der Waals surface area (Å²) in [6.07, 6.45) is 2.08. The highest BCUT2D eigenvalue weighted by Gasteiger charge is 2.31. The summed E-state index contributed by atoms with van der Waals surface area (Å²) in [4.78, 5) is 9.25. The molecule has 5 nitrogen and oxygen atoms in total. The van der Waals surface area contributed by atoms with Crippen LogP contribution >= 0.6 is 0 Å². The van der Waals surface area contributed by atoms with Crippen LogP contribution in [0.3, 0.4) is 0 Å². The Hall–Kier alpha value is -0.910. The zero-order valence-corrected chi connectivity index (χ0v) is 10.1. The number of hydrogen-bond donors (Lipinski definition) is 3. The number of carboxylic acid groups (broad SMARTS) is 1. The minimum Gasteiger partial charge on any atom is -0.478 e. The van der Waals surface area contributed by atoms with Gasteiger partial charge in [0.1, 0.15) is 6.10 Å². The van der Waals surface area contributed by atoms with Gasteiger partial charge in [0.05, 0.1) is 0 Å². The number of methoxy groups -OCH3 is 1. The first-order chi connectivity index (χ1) is 7.35. The maximum atomic E-state index is 9.40. The maximum absolute atomic E-state index is 9.40. The summed E-state index contributed by atoms with van der Waals surface area (Å²) >= 11 is 0. The molecule has 1 atom stereocenters. The van der Waals surface area contributed by atoms with E-state index in [1.807, 2.05) is 13.8 Å². The molecule has 3 N–H and O–H groups in total. The van der Waals surface area contributed by atoms with Gasteiger partial charge in [-0.25, -0.2) is 4.79 Å². The van der Waals surface area contributed by atoms with E-state index in [2.05, 4.69) is 6.58 Å². The van der Waals surface area contributed by atoms with Crippen LogP contribution in [0.15, 0.2) is 12.7 Å². The Bertz CT molecular complexity index is 197. The van der Waals surface area contributed by atoms with E-state index < -0.39 is 17.9 Å². The topological polar surface area (TPSA) is 87.0 Å². The fraction of sp³-hybridized carbons (Fsp3) is 0.727. The fourth-order valence-electron chi connectivity index (χ4n) is 1.21. The number of ether oxygens (including phenoxy) is 1. The number of rotatable bonds is 6. The van der Waals surface area contributed by atoms with Crippen molar-refractivity contribution in [2.24, 2.45) is 0 Å². The molecule has 0 spiro atoms. The highest BCUT2D eigenvalue weighted by molar-refractivity contribution is 5.78. The van der Waals surface area contributed by atoms with Gasteiger partial charge in [0.15, 0.2) is 5.79 Å². The number of aliphatic hydroxyl groups is 2. The molecule has 0 aromatic carbocycles. The molecule has 5 heteroatoms. The Morgan fingerprint density at radius 3 is 2.12 bits per heavy atom. The molecule has 0 amide bonds. The summed E-state index contributed by atoms with van der Waals surface area (Å²) in [7, 11) is 1.49. The van der Waals surface area contributed by atoms with Gasteiger partial charge < -0.3 is 20.1 Å². The molecular formula is C11H22O5. The Morgan fingerprint density at radius 2 is 1.94 bits per heavy atom. The van der Waals surface area contributed by atoms with Gasteiger partial charge in [0, 0.05) is 19.6 Å². The van der Waals surface area contributed by atoms with E-state index in [0.717, 1.165) is 12.5 Å². The summed E-state index contributed by atoms with van der Waals surface area (Å²) in [5.41, 5.74) is 0. The molecule has 0 aliphatic heterocycles. The molecule has 0 saturated carbocycles. The SMILES string of the molecule is C=CC(=O)O.CCCC(O)(O)C(CC)OC. The molecule has 0 heterocycles. The second-order valence-corrected chi connectivity index (χ2v) is 3.30. The highest BCUT2D eigenvalue weighted by Crippen LogP contribution is 2.18. The molecule has 0 radical (unpaired) electrons. The van der Waals surface area contributed by atoms with Gasteiger partial charge in [-0.2, -0.15) is 0 Å². The van der Waals surface area contributed by atoms with Crippen LogP contribution in [-0.2, 0) is 9.53 Å². The van der Waals surface area contributed by atoms with Crippen molar-refractivity contribution in [1.29, 1.82) is 0 Å². The van der Waals surface area contributed by atoms with Crippen molar-refractivity contribution in [3.63, 3.8) is 0 Å². The van der Waals surface area contributed by atoms with Gasteiger partial charge in [-0.05, 0) is 6.42 Å². The normalized spacial score (nSPS) is 12.3. The van der Waals surface area contributed by atoms with E-state index in [4.69, 9.17) is 9.84 Å². The van der Waals surface area contributed by atoms with Crippen molar-refractivity contribution in [2.45, 2.75) is 45.0 Å². The standard InChI is InChI=1S/C8H18O3.C3H4O2/c1-4-6-8(9,10)7(5-2)11-3;1-2-3(4)5/h7,9-10H,4-6H2,1-3H3;2H,1H2,(H,4,5). The first-order valence-electron chi connectivity index (χ1n) is 5.18. The monoisotopic (exact) mass is 234 g/mol. The van der Waals surface area contributed by atoms with Crippen molar-refractivity contribution in [2.75, 3.05) is 7.11 Å². The van der Waals surface area contributed by atoms with Crippen LogP contribution in [0.2, 0.25) is 0 Å². The van der Waals surface area contributed by atoms with Gasteiger partial charge in [-0.3, -0.25) is 0 Å². The van der Waals surface area contributed by atoms with Gasteiger partial charge in [0.2, 0.25) is 0 Å². The Kier molecular flexibility index (Phi) is 10.2. The minimum atomic E-state index is -1.65. The molecule has 0 rings (SSSR count). The number of carbonyl (C=O) groups is 1. The maximum Gasteiger partial charge on any atom is 0.327 e. The first kappa shape index (κ1) is 17.5. The average molecular weight is 234 g/mol. The van der Waals surface area contributed by atoms with E-state index in [1.54, 1.807) is 0 Å². The van der Waals surface area contributed by atoms with Crippen molar-refractivity contribution in [3.05, 3.63) is 12.7 Å². The lowest BCUT2D eigenvalue weighted by molar-refractivity contribution is -0.236. The molecule has 0 saturated heterocycles. The van der Waals surface area contributed by atoms with Crippen LogP contribution < -0.4 is 0 Å². The smallest absolute Gasteiger partial charge is 0.327 e. The Balaban J connectivity index is 0. The number of hydrogen-bond acceptors (Lipinski definition) is 4. The highest BCUT2D eigenvalue weighted by atomic mass is 16.6. The second kappa shape index (κ2) is 9.33. The molecule has 0 bridgehead atoms. The molecular weight excluding hydrogens is 212 g/mol. The Labute approximate surface area is 96.4 Å². The van der Waals surface area contributed by atoms with Crippen LogP contribution in [0.25, 0.3) is 0 Å². The van der Waals surface area contributed by atoms with Gasteiger partial charge >= 0.3 is 5.97 Å². The Morgan fingerprint density at radius 1 is 1.50 bits per heavy atom. The summed E-state index contributed by atoms with van der Waals surface area (Å²) in [6, 6.07) is 0. The molecule has 96 valence electrons. The lowest BCUT2D eigenvalue weighted by atomic mass is 10.0. The zero-order chi connectivity index (χ0) is 13.2. The van der Waals surface area contributed by atoms with Crippen molar-refractivity contribution in [1.82, 2.24) is 0 Å². The van der Waals surface area contributed by atoms with Gasteiger partial charge in [0.25, 0.3) is 0 Å². The quantitative estimate of drug-likeness (QED) is 0.474. The molecule has 0 aromatic heterocycles. The molecule has 16 heavy (non-hydrogen) atoms. The van der Waals surface area contributed by atoms with Crippen molar-refractivity contribution < 1.29 is 24.9 Å². The van der Waals surface area contributed by atoms with E-state index in [0.29, 0.717) is 12.8 Å². The lowest BCUT2D eigenvalue weighted by Gasteiger charge is -2.28. The predicted molar refractivity (Wildman–Crippen MR) is 61.0 cm³/mol. The average Bonchev–Trinajstić information content (AvgIpc) is 2.19. The third-order valence-corrected chi connectivity index (χ3v) is 1.96. The zero-order valence-electron chi connectivity index (χ0n) is 10.1. The minimum absolute atomic E-state index is 0.360. The first-order valence-corrected chi connectivity index (χ1v) is 5.18.